The number of rotatable bonds is 7. The summed E-state index contributed by atoms with van der Waals surface area (Å²) >= 11 is 0. The monoisotopic (exact) mass is 159 g/mol. The minimum Gasteiger partial charge on any atom is -0.353 e. The average molecular weight is 159 g/mol. The molecule has 2 heteroatoms. The van der Waals surface area contributed by atoms with Crippen LogP contribution in [0.15, 0.2) is 0 Å². The highest BCUT2D eigenvalue weighted by Gasteiger charge is 2.01. The van der Waals surface area contributed by atoms with Gasteiger partial charge in [0, 0.05) is 13.5 Å². The molecule has 0 fully saturated rings. The molecule has 0 spiro atoms. The van der Waals surface area contributed by atoms with Gasteiger partial charge in [-0.15, -0.1) is 0 Å². The van der Waals surface area contributed by atoms with Gasteiger partial charge in [0.05, 0.1) is 0 Å². The Kier molecular flexibility index (Phi) is 7.96. The van der Waals surface area contributed by atoms with E-state index in [4.69, 9.17) is 0 Å². The number of unbranched alkanes of at least 4 members (excludes halogenated alkanes) is 4. The van der Waals surface area contributed by atoms with E-state index in [1.165, 1.54) is 32.8 Å². The third kappa shape index (κ3) is 7.82. The van der Waals surface area contributed by atoms with Crippen molar-refractivity contribution < 1.29 is 9.84 Å². The van der Waals surface area contributed by atoms with Gasteiger partial charge in [-0.1, -0.05) is 32.6 Å². The molecule has 0 amide bonds. The molecule has 67 valence electrons. The molecule has 0 N–H and O–H groups in total. The largest absolute Gasteiger partial charge is 0.353 e. The van der Waals surface area contributed by atoms with E-state index in [2.05, 4.69) is 11.7 Å². The molecule has 0 aromatic heterocycles. The molecule has 0 aliphatic carbocycles. The fourth-order valence-corrected chi connectivity index (χ4v) is 1.03. The van der Waals surface area contributed by atoms with E-state index in [-0.39, 0.29) is 0 Å². The zero-order valence-electron chi connectivity index (χ0n) is 7.64. The molecule has 0 heterocycles. The Morgan fingerprint density at radius 2 is 1.82 bits per heavy atom. The van der Waals surface area contributed by atoms with Crippen LogP contribution in [0.5, 0.6) is 0 Å². The smallest absolute Gasteiger partial charge is 0.190 e. The quantitative estimate of drug-likeness (QED) is 0.415. The first-order chi connectivity index (χ1) is 5.31. The second-order valence-electron chi connectivity index (χ2n) is 2.87. The lowest BCUT2D eigenvalue weighted by Gasteiger charge is -2.04. The third-order valence-electron chi connectivity index (χ3n) is 1.81. The van der Waals surface area contributed by atoms with E-state index in [0.29, 0.717) is 6.42 Å². The molecule has 0 aliphatic heterocycles. The van der Waals surface area contributed by atoms with Gasteiger partial charge in [-0.2, -0.15) is 0 Å². The highest BCUT2D eigenvalue weighted by molar-refractivity contribution is 4.45. The fourth-order valence-electron chi connectivity index (χ4n) is 1.03. The van der Waals surface area contributed by atoms with Crippen LogP contribution in [-0.2, 0) is 9.84 Å². The minimum absolute atomic E-state index is 0.667. The van der Waals surface area contributed by atoms with Crippen LogP contribution in [0.4, 0.5) is 0 Å². The molecule has 0 aromatic rings. The van der Waals surface area contributed by atoms with E-state index < -0.39 is 6.29 Å². The van der Waals surface area contributed by atoms with E-state index in [1.807, 2.05) is 0 Å². The van der Waals surface area contributed by atoms with Crippen LogP contribution < -0.4 is 0 Å². The first kappa shape index (κ1) is 10.9. The van der Waals surface area contributed by atoms with E-state index in [9.17, 15) is 5.11 Å². The lowest BCUT2D eigenvalue weighted by Crippen LogP contribution is -2.05. The normalized spacial score (nSPS) is 13.4. The van der Waals surface area contributed by atoms with Gasteiger partial charge in [-0.25, -0.2) is 5.11 Å². The summed E-state index contributed by atoms with van der Waals surface area (Å²) in [4.78, 5) is 0. The second-order valence-corrected chi connectivity index (χ2v) is 2.87. The van der Waals surface area contributed by atoms with Crippen molar-refractivity contribution in [2.75, 3.05) is 7.11 Å². The number of hydrogen-bond donors (Lipinski definition) is 0. The lowest BCUT2D eigenvalue weighted by atomic mass is 10.1. The highest BCUT2D eigenvalue weighted by Crippen LogP contribution is 2.07. The van der Waals surface area contributed by atoms with Gasteiger partial charge in [0.25, 0.3) is 0 Å². The predicted octanol–water partition coefficient (Wildman–Crippen LogP) is 2.75. The predicted molar refractivity (Wildman–Crippen MR) is 44.9 cm³/mol. The third-order valence-corrected chi connectivity index (χ3v) is 1.81. The van der Waals surface area contributed by atoms with E-state index in [1.54, 1.807) is 0 Å². The fraction of sp³-hybridized carbons (Fsp3) is 1.00. The molecule has 1 atom stereocenters. The molecule has 2 nitrogen and oxygen atoms in total. The Hall–Kier alpha value is -0.0800. The van der Waals surface area contributed by atoms with Crippen LogP contribution in [0.25, 0.3) is 0 Å². The summed E-state index contributed by atoms with van der Waals surface area (Å²) < 4.78 is 4.60. The number of hydrogen-bond acceptors (Lipinski definition) is 1. The standard InChI is InChI=1S/C9H19O2/c1-3-4-5-6-7-8-9(10)11-2/h9H,3-8H2,1-2H3. The van der Waals surface area contributed by atoms with Crippen LogP contribution in [-0.4, -0.2) is 13.4 Å². The second kappa shape index (κ2) is 8.02. The Morgan fingerprint density at radius 1 is 1.18 bits per heavy atom. The lowest BCUT2D eigenvalue weighted by molar-refractivity contribution is -0.123. The van der Waals surface area contributed by atoms with Gasteiger partial charge in [0.15, 0.2) is 6.29 Å². The van der Waals surface area contributed by atoms with Crippen molar-refractivity contribution in [3.05, 3.63) is 0 Å². The van der Waals surface area contributed by atoms with E-state index in [0.717, 1.165) is 6.42 Å². The molecule has 0 saturated carbocycles. The molecule has 1 unspecified atom stereocenters. The summed E-state index contributed by atoms with van der Waals surface area (Å²) in [5.74, 6) is 0. The summed E-state index contributed by atoms with van der Waals surface area (Å²) in [6, 6.07) is 0. The van der Waals surface area contributed by atoms with Crippen LogP contribution in [0, 0.1) is 0 Å². The Balaban J connectivity index is 2.89. The van der Waals surface area contributed by atoms with Crippen LogP contribution in [0.2, 0.25) is 0 Å². The molecule has 0 saturated heterocycles. The molecule has 0 bridgehead atoms. The van der Waals surface area contributed by atoms with Crippen molar-refractivity contribution >= 4 is 0 Å². The summed E-state index contributed by atoms with van der Waals surface area (Å²) in [7, 11) is 1.48. The topological polar surface area (TPSA) is 29.1 Å². The maximum atomic E-state index is 10.7. The zero-order valence-corrected chi connectivity index (χ0v) is 7.64. The van der Waals surface area contributed by atoms with Gasteiger partial charge in [0.1, 0.15) is 0 Å². The molecule has 0 rings (SSSR count). The maximum absolute atomic E-state index is 10.7. The summed E-state index contributed by atoms with van der Waals surface area (Å²) in [6.45, 7) is 2.19. The van der Waals surface area contributed by atoms with Gasteiger partial charge in [-0.05, 0) is 6.42 Å². The summed E-state index contributed by atoms with van der Waals surface area (Å²) in [5, 5.41) is 10.7. The van der Waals surface area contributed by atoms with Gasteiger partial charge >= 0.3 is 0 Å². The van der Waals surface area contributed by atoms with Crippen molar-refractivity contribution in [2.45, 2.75) is 51.7 Å². The summed E-state index contributed by atoms with van der Waals surface area (Å²) in [5.41, 5.74) is 0. The Labute approximate surface area is 69.6 Å². The summed E-state index contributed by atoms with van der Waals surface area (Å²) in [6.07, 6.45) is 5.86. The maximum Gasteiger partial charge on any atom is 0.190 e. The van der Waals surface area contributed by atoms with Crippen molar-refractivity contribution in [1.82, 2.24) is 0 Å². The Morgan fingerprint density at radius 3 is 2.36 bits per heavy atom. The number of methoxy groups -OCH3 is 1. The van der Waals surface area contributed by atoms with Crippen molar-refractivity contribution in [1.29, 1.82) is 0 Å². The minimum atomic E-state index is -0.795. The SMILES string of the molecule is CCCCCCCC([O])OC. The molecule has 11 heavy (non-hydrogen) atoms. The van der Waals surface area contributed by atoms with Crippen molar-refractivity contribution in [3.8, 4) is 0 Å². The van der Waals surface area contributed by atoms with Gasteiger partial charge < -0.3 is 4.74 Å². The highest BCUT2D eigenvalue weighted by atomic mass is 16.6. The molecular formula is C9H19O2. The molecule has 0 aliphatic rings. The van der Waals surface area contributed by atoms with E-state index >= 15 is 0 Å². The van der Waals surface area contributed by atoms with Crippen molar-refractivity contribution in [2.24, 2.45) is 0 Å². The Bertz CT molecular complexity index is 74.0. The molecular weight excluding hydrogens is 140 g/mol. The molecule has 0 aromatic carbocycles. The zero-order chi connectivity index (χ0) is 8.53. The molecule has 1 radical (unpaired) electrons. The average Bonchev–Trinajstić information content (AvgIpc) is 2.04. The van der Waals surface area contributed by atoms with Gasteiger partial charge in [0.2, 0.25) is 0 Å². The first-order valence-electron chi connectivity index (χ1n) is 4.50. The van der Waals surface area contributed by atoms with Crippen LogP contribution >= 0.6 is 0 Å². The first-order valence-corrected chi connectivity index (χ1v) is 4.50. The van der Waals surface area contributed by atoms with Crippen LogP contribution in [0.3, 0.4) is 0 Å². The van der Waals surface area contributed by atoms with Crippen molar-refractivity contribution in [3.63, 3.8) is 0 Å². The van der Waals surface area contributed by atoms with Crippen LogP contribution in [0.1, 0.15) is 45.4 Å². The number of ether oxygens (including phenoxy) is 1. The van der Waals surface area contributed by atoms with Gasteiger partial charge in [-0.3, -0.25) is 0 Å².